The maximum absolute atomic E-state index is 14.2. The number of unbranched alkanes of at least 4 members (excludes halogenated alkanes) is 1. The SMILES string of the molecule is Cl.O=C1CCCCCN1CCCCN1CC[C@@H]2[C@@H](C1)c1cc(F)ccc1N2c1ccc(F)cc1. The van der Waals surface area contributed by atoms with Crippen LogP contribution in [0.2, 0.25) is 0 Å². The van der Waals surface area contributed by atoms with E-state index in [0.29, 0.717) is 12.3 Å². The molecule has 3 aliphatic heterocycles. The molecule has 0 aromatic heterocycles. The quantitative estimate of drug-likeness (QED) is 0.474. The molecular formula is C27H34ClF2N3O. The maximum Gasteiger partial charge on any atom is 0.222 e. The summed E-state index contributed by atoms with van der Waals surface area (Å²) in [5.41, 5.74) is 3.07. The van der Waals surface area contributed by atoms with Gasteiger partial charge < -0.3 is 14.7 Å². The number of benzene rings is 2. The molecule has 2 saturated heterocycles. The minimum Gasteiger partial charge on any atom is -0.343 e. The van der Waals surface area contributed by atoms with Crippen molar-refractivity contribution in [3.63, 3.8) is 0 Å². The molecule has 34 heavy (non-hydrogen) atoms. The minimum absolute atomic E-state index is 0. The molecule has 0 bridgehead atoms. The van der Waals surface area contributed by atoms with Crippen LogP contribution in [-0.2, 0) is 4.79 Å². The summed E-state index contributed by atoms with van der Waals surface area (Å²) in [6.07, 6.45) is 7.11. The highest BCUT2D eigenvalue weighted by atomic mass is 35.5. The molecule has 3 aliphatic rings. The Morgan fingerprint density at radius 1 is 0.882 bits per heavy atom. The zero-order chi connectivity index (χ0) is 22.8. The van der Waals surface area contributed by atoms with Gasteiger partial charge in [0.1, 0.15) is 11.6 Å². The van der Waals surface area contributed by atoms with E-state index in [4.69, 9.17) is 0 Å². The predicted molar refractivity (Wildman–Crippen MR) is 134 cm³/mol. The Labute approximate surface area is 207 Å². The second kappa shape index (κ2) is 11.0. The molecule has 5 rings (SSSR count). The molecule has 0 radical (unpaired) electrons. The first-order chi connectivity index (χ1) is 16.1. The zero-order valence-corrected chi connectivity index (χ0v) is 20.4. The molecule has 184 valence electrons. The lowest BCUT2D eigenvalue weighted by Crippen LogP contribution is -2.45. The van der Waals surface area contributed by atoms with Crippen molar-refractivity contribution < 1.29 is 13.6 Å². The summed E-state index contributed by atoms with van der Waals surface area (Å²) >= 11 is 0. The Morgan fingerprint density at radius 2 is 1.65 bits per heavy atom. The van der Waals surface area contributed by atoms with E-state index in [9.17, 15) is 13.6 Å². The molecule has 0 unspecified atom stereocenters. The molecule has 2 aromatic rings. The van der Waals surface area contributed by atoms with Crippen LogP contribution < -0.4 is 4.90 Å². The van der Waals surface area contributed by atoms with Crippen molar-refractivity contribution in [3.05, 3.63) is 59.7 Å². The summed E-state index contributed by atoms with van der Waals surface area (Å²) in [5, 5.41) is 0. The standard InChI is InChI=1S/C27H33F2N3O.ClH/c28-20-7-10-22(11-8-20)32-25-12-9-21(29)18-23(25)24-19-30(17-13-26(24)32)14-4-5-16-31-15-3-1-2-6-27(31)33;/h7-12,18,24,26H,1-6,13-17,19H2;1H/t24-,26+;/m0./s1. The van der Waals surface area contributed by atoms with Crippen molar-refractivity contribution in [2.45, 2.75) is 56.9 Å². The molecule has 7 heteroatoms. The summed E-state index contributed by atoms with van der Waals surface area (Å²) in [5.74, 6) is 0.110. The van der Waals surface area contributed by atoms with Gasteiger partial charge in [0.15, 0.2) is 0 Å². The maximum atomic E-state index is 14.2. The number of piperidine rings is 1. The average Bonchev–Trinajstić information content (AvgIpc) is 2.98. The summed E-state index contributed by atoms with van der Waals surface area (Å²) in [6, 6.07) is 12.0. The van der Waals surface area contributed by atoms with E-state index in [0.717, 1.165) is 88.2 Å². The van der Waals surface area contributed by atoms with Crippen LogP contribution >= 0.6 is 12.4 Å². The van der Waals surface area contributed by atoms with Crippen LogP contribution in [0, 0.1) is 11.6 Å². The van der Waals surface area contributed by atoms with Crippen molar-refractivity contribution >= 4 is 29.7 Å². The fourth-order valence-corrected chi connectivity index (χ4v) is 5.89. The van der Waals surface area contributed by atoms with Gasteiger partial charge in [0.2, 0.25) is 5.91 Å². The second-order valence-corrected chi connectivity index (χ2v) is 9.71. The molecule has 2 fully saturated rings. The van der Waals surface area contributed by atoms with Crippen molar-refractivity contribution in [2.24, 2.45) is 0 Å². The Balaban J connectivity index is 0.00000274. The number of amides is 1. The van der Waals surface area contributed by atoms with Crippen LogP contribution in [-0.4, -0.2) is 54.5 Å². The van der Waals surface area contributed by atoms with E-state index in [1.165, 1.54) is 18.2 Å². The molecule has 0 spiro atoms. The van der Waals surface area contributed by atoms with Gasteiger partial charge in [-0.15, -0.1) is 12.4 Å². The average molecular weight is 490 g/mol. The Bertz CT molecular complexity index is 986. The lowest BCUT2D eigenvalue weighted by molar-refractivity contribution is -0.130. The molecule has 0 N–H and O–H groups in total. The number of nitrogens with zero attached hydrogens (tertiary/aromatic N) is 3. The normalized spacial score (nSPS) is 22.7. The number of hydrogen-bond donors (Lipinski definition) is 0. The third kappa shape index (κ3) is 5.23. The highest BCUT2D eigenvalue weighted by Crippen LogP contribution is 2.48. The van der Waals surface area contributed by atoms with Gasteiger partial charge in [-0.2, -0.15) is 0 Å². The number of carbonyl (C=O) groups excluding carboxylic acids is 1. The summed E-state index contributed by atoms with van der Waals surface area (Å²) in [7, 11) is 0. The fraction of sp³-hybridized carbons (Fsp3) is 0.519. The molecule has 2 aromatic carbocycles. The number of rotatable bonds is 6. The molecular weight excluding hydrogens is 456 g/mol. The van der Waals surface area contributed by atoms with Crippen LogP contribution in [0.4, 0.5) is 20.2 Å². The number of carbonyl (C=O) groups is 1. The Kier molecular flexibility index (Phi) is 8.10. The summed E-state index contributed by atoms with van der Waals surface area (Å²) in [6.45, 7) is 4.69. The molecule has 1 amide bonds. The van der Waals surface area contributed by atoms with E-state index in [1.54, 1.807) is 6.07 Å². The smallest absolute Gasteiger partial charge is 0.222 e. The van der Waals surface area contributed by atoms with Gasteiger partial charge in [-0.25, -0.2) is 8.78 Å². The lowest BCUT2D eigenvalue weighted by Gasteiger charge is -2.39. The largest absolute Gasteiger partial charge is 0.343 e. The Hall–Kier alpha value is -2.18. The number of likely N-dealkylation sites (tertiary alicyclic amines) is 2. The first-order valence-electron chi connectivity index (χ1n) is 12.4. The van der Waals surface area contributed by atoms with Gasteiger partial charge in [-0.1, -0.05) is 6.42 Å². The highest BCUT2D eigenvalue weighted by Gasteiger charge is 2.42. The van der Waals surface area contributed by atoms with Crippen LogP contribution in [0.5, 0.6) is 0 Å². The van der Waals surface area contributed by atoms with E-state index >= 15 is 0 Å². The van der Waals surface area contributed by atoms with Crippen molar-refractivity contribution in [2.75, 3.05) is 37.6 Å². The third-order valence-electron chi connectivity index (χ3n) is 7.57. The molecule has 4 nitrogen and oxygen atoms in total. The van der Waals surface area contributed by atoms with Gasteiger partial charge in [0.05, 0.1) is 0 Å². The van der Waals surface area contributed by atoms with Crippen molar-refractivity contribution in [3.8, 4) is 0 Å². The van der Waals surface area contributed by atoms with Gasteiger partial charge >= 0.3 is 0 Å². The van der Waals surface area contributed by atoms with Crippen molar-refractivity contribution in [1.82, 2.24) is 9.80 Å². The molecule has 2 atom stereocenters. The van der Waals surface area contributed by atoms with E-state index in [1.807, 2.05) is 18.2 Å². The first kappa shape index (κ1) is 24.9. The number of anilines is 2. The third-order valence-corrected chi connectivity index (χ3v) is 7.57. The fourth-order valence-electron chi connectivity index (χ4n) is 5.89. The summed E-state index contributed by atoms with van der Waals surface area (Å²) < 4.78 is 27.7. The van der Waals surface area contributed by atoms with Gasteiger partial charge in [0.25, 0.3) is 0 Å². The summed E-state index contributed by atoms with van der Waals surface area (Å²) in [4.78, 5) is 19.0. The predicted octanol–water partition coefficient (Wildman–Crippen LogP) is 5.88. The molecule has 3 heterocycles. The van der Waals surface area contributed by atoms with Crippen LogP contribution in [0.1, 0.15) is 56.4 Å². The monoisotopic (exact) mass is 489 g/mol. The van der Waals surface area contributed by atoms with Gasteiger partial charge in [0, 0.05) is 55.9 Å². The van der Waals surface area contributed by atoms with E-state index in [-0.39, 0.29) is 36.0 Å². The zero-order valence-electron chi connectivity index (χ0n) is 19.6. The number of fused-ring (bicyclic) bond motifs is 3. The van der Waals surface area contributed by atoms with Crippen molar-refractivity contribution in [1.29, 1.82) is 0 Å². The number of halogens is 3. The number of hydrogen-bond acceptors (Lipinski definition) is 3. The van der Waals surface area contributed by atoms with Crippen LogP contribution in [0.3, 0.4) is 0 Å². The topological polar surface area (TPSA) is 26.8 Å². The lowest BCUT2D eigenvalue weighted by atomic mass is 9.89. The van der Waals surface area contributed by atoms with Gasteiger partial charge in [-0.05, 0) is 86.7 Å². The second-order valence-electron chi connectivity index (χ2n) is 9.71. The van der Waals surface area contributed by atoms with Crippen LogP contribution in [0.25, 0.3) is 0 Å². The van der Waals surface area contributed by atoms with Gasteiger partial charge in [-0.3, -0.25) is 4.79 Å². The Morgan fingerprint density at radius 3 is 2.47 bits per heavy atom. The van der Waals surface area contributed by atoms with Crippen LogP contribution in [0.15, 0.2) is 42.5 Å². The first-order valence-corrected chi connectivity index (χ1v) is 12.4. The molecule has 0 saturated carbocycles. The highest BCUT2D eigenvalue weighted by molar-refractivity contribution is 5.85. The minimum atomic E-state index is -0.245. The molecule has 0 aliphatic carbocycles. The van der Waals surface area contributed by atoms with E-state index < -0.39 is 0 Å². The van der Waals surface area contributed by atoms with E-state index in [2.05, 4.69) is 14.7 Å².